The van der Waals surface area contributed by atoms with Crippen molar-refractivity contribution in [3.8, 4) is 45.0 Å². The molecule has 7 aromatic carbocycles. The molecule has 2 aliphatic heterocycles. The molecule has 11 rings (SSSR count). The van der Waals surface area contributed by atoms with E-state index >= 15 is 0 Å². The largest absolute Gasteiger partial charge is 0.453 e. The van der Waals surface area contributed by atoms with Crippen molar-refractivity contribution in [3.05, 3.63) is 157 Å². The number of nitrogens with one attached hydrogen (secondary N) is 1. The van der Waals surface area contributed by atoms with Gasteiger partial charge in [-0.2, -0.15) is 0 Å². The zero-order valence-electron chi connectivity index (χ0n) is 30.3. The summed E-state index contributed by atoms with van der Waals surface area (Å²) < 4.78 is 20.1. The topological polar surface area (TPSA) is 75.9 Å². The summed E-state index contributed by atoms with van der Waals surface area (Å²) in [6, 6.07) is 51.7. The predicted octanol–water partition coefficient (Wildman–Crippen LogP) is 13.0. The number of benzene rings is 7. The molecule has 8 nitrogen and oxygen atoms in total. The van der Waals surface area contributed by atoms with Crippen LogP contribution in [0.1, 0.15) is 12.5 Å². The number of thiazole rings is 1. The maximum Gasteiger partial charge on any atom is 0.227 e. The predicted molar refractivity (Wildman–Crippen MR) is 225 cm³/mol. The number of hydrogen-bond donors (Lipinski definition) is 1. The fraction of sp³-hybridized carbons (Fsp3) is 0.0638. The van der Waals surface area contributed by atoms with Gasteiger partial charge in [-0.25, -0.2) is 9.97 Å². The lowest BCUT2D eigenvalue weighted by atomic mass is 10.1. The molecule has 0 saturated heterocycles. The van der Waals surface area contributed by atoms with Crippen molar-refractivity contribution in [2.24, 2.45) is 0 Å². The van der Waals surface area contributed by atoms with Gasteiger partial charge < -0.3 is 29.0 Å². The second-order valence-electron chi connectivity index (χ2n) is 13.7. The molecule has 4 heterocycles. The maximum atomic E-state index is 6.48. The van der Waals surface area contributed by atoms with E-state index in [1.54, 1.807) is 11.3 Å². The highest BCUT2D eigenvalue weighted by atomic mass is 32.1. The molecule has 0 saturated carbocycles. The maximum absolute atomic E-state index is 6.48. The Kier molecular flexibility index (Phi) is 7.61. The first-order chi connectivity index (χ1) is 27.7. The molecule has 0 amide bonds. The minimum absolute atomic E-state index is 0.572. The molecule has 9 heteroatoms. The number of oxazole rings is 1. The van der Waals surface area contributed by atoms with E-state index in [0.29, 0.717) is 11.5 Å². The Labute approximate surface area is 326 Å². The summed E-state index contributed by atoms with van der Waals surface area (Å²) in [6.45, 7) is 3.74. The zero-order valence-corrected chi connectivity index (χ0v) is 31.1. The normalized spacial score (nSPS) is 12.8. The van der Waals surface area contributed by atoms with E-state index in [9.17, 15) is 0 Å². The summed E-state index contributed by atoms with van der Waals surface area (Å²) in [6.07, 6.45) is 0. The Hall–Kier alpha value is -6.94. The highest BCUT2D eigenvalue weighted by molar-refractivity contribution is 7.21. The first-order valence-corrected chi connectivity index (χ1v) is 19.5. The molecule has 270 valence electrons. The molecule has 0 aliphatic carbocycles. The van der Waals surface area contributed by atoms with E-state index in [1.165, 1.54) is 0 Å². The van der Waals surface area contributed by atoms with E-state index in [4.69, 9.17) is 23.9 Å². The van der Waals surface area contributed by atoms with Crippen LogP contribution in [0.5, 0.6) is 23.0 Å². The van der Waals surface area contributed by atoms with Crippen LogP contribution in [0.15, 0.2) is 156 Å². The summed E-state index contributed by atoms with van der Waals surface area (Å²) in [5.74, 6) is 3.93. The molecule has 2 aliphatic rings. The average molecular weight is 748 g/mol. The third-order valence-corrected chi connectivity index (χ3v) is 11.3. The molecule has 0 radical (unpaired) electrons. The van der Waals surface area contributed by atoms with Gasteiger partial charge in [-0.3, -0.25) is 0 Å². The molecule has 56 heavy (non-hydrogen) atoms. The highest BCUT2D eigenvalue weighted by Gasteiger charge is 2.28. The van der Waals surface area contributed by atoms with Gasteiger partial charge in [-0.15, -0.1) is 11.3 Å². The number of nitrogens with zero attached hydrogens (tertiary/aromatic N) is 4. The number of aromatic nitrogens is 2. The van der Waals surface area contributed by atoms with Crippen molar-refractivity contribution in [1.82, 2.24) is 15.3 Å². The smallest absolute Gasteiger partial charge is 0.227 e. The molecule has 9 aromatic rings. The molecule has 0 fully saturated rings. The van der Waals surface area contributed by atoms with Crippen LogP contribution in [0.3, 0.4) is 0 Å². The van der Waals surface area contributed by atoms with Gasteiger partial charge >= 0.3 is 0 Å². The molecule has 0 atom stereocenters. The average Bonchev–Trinajstić information content (AvgIpc) is 3.87. The van der Waals surface area contributed by atoms with Crippen LogP contribution in [0.4, 0.5) is 34.1 Å². The van der Waals surface area contributed by atoms with Gasteiger partial charge in [0.15, 0.2) is 28.6 Å². The Bertz CT molecular complexity index is 2840. The Morgan fingerprint density at radius 3 is 1.82 bits per heavy atom. The first kappa shape index (κ1) is 32.5. The molecular formula is C47H33N5O3S. The number of anilines is 6. The van der Waals surface area contributed by atoms with Gasteiger partial charge in [0.2, 0.25) is 5.89 Å². The van der Waals surface area contributed by atoms with Crippen molar-refractivity contribution in [2.75, 3.05) is 16.3 Å². The van der Waals surface area contributed by atoms with Crippen LogP contribution in [0.25, 0.3) is 43.3 Å². The van der Waals surface area contributed by atoms with Gasteiger partial charge in [-0.1, -0.05) is 55.5 Å². The SMILES string of the molecule is CCNCc1cccc2c1Oc1ccccc1N2c1ccc(-c2nc3cc4oc(-c5ccc(N6c7ccccc7Oc7ccccc76)cc5)nc4cc3s2)cc1. The Balaban J connectivity index is 0.877. The lowest BCUT2D eigenvalue weighted by Crippen LogP contribution is -2.18. The van der Waals surface area contributed by atoms with Gasteiger partial charge in [0.1, 0.15) is 10.5 Å². The van der Waals surface area contributed by atoms with Crippen molar-refractivity contribution in [3.63, 3.8) is 0 Å². The fourth-order valence-corrected chi connectivity index (χ4v) is 8.58. The van der Waals surface area contributed by atoms with E-state index in [2.05, 4.69) is 113 Å². The van der Waals surface area contributed by atoms with E-state index in [1.807, 2.05) is 60.7 Å². The van der Waals surface area contributed by atoms with Crippen LogP contribution in [-0.2, 0) is 6.54 Å². The molecule has 0 unspecified atom stereocenters. The summed E-state index contributed by atoms with van der Waals surface area (Å²) in [5, 5.41) is 4.39. The van der Waals surface area contributed by atoms with Gasteiger partial charge in [-0.05, 0) is 104 Å². The molecule has 0 spiro atoms. The third-order valence-electron chi connectivity index (χ3n) is 10.3. The summed E-state index contributed by atoms with van der Waals surface area (Å²) >= 11 is 1.66. The standard InChI is InChI=1S/C47H33N5O3S/c1-2-48-28-31-10-9-14-39-45(31)54-42-17-8-5-13-38(42)52(39)33-24-20-30(21-25-33)47-50-35-26-43-34(27-44(35)56-47)49-46(55-43)29-18-22-32(23-19-29)51-36-11-3-6-15-40(36)53-41-16-7-4-12-37(41)51/h3-27,48H,2,28H2,1H3. The zero-order chi connectivity index (χ0) is 37.2. The molecule has 1 N–H and O–H groups in total. The van der Waals surface area contributed by atoms with E-state index in [0.717, 1.165) is 108 Å². The lowest BCUT2D eigenvalue weighted by Gasteiger charge is -2.34. The number of fused-ring (bicyclic) bond motifs is 6. The van der Waals surface area contributed by atoms with Crippen LogP contribution < -0.4 is 24.6 Å². The van der Waals surface area contributed by atoms with E-state index in [-0.39, 0.29) is 0 Å². The van der Waals surface area contributed by atoms with Crippen LogP contribution in [-0.4, -0.2) is 16.5 Å². The first-order valence-electron chi connectivity index (χ1n) is 18.7. The molecular weight excluding hydrogens is 715 g/mol. The number of ether oxygens (including phenoxy) is 2. The lowest BCUT2D eigenvalue weighted by molar-refractivity contribution is 0.468. The van der Waals surface area contributed by atoms with E-state index < -0.39 is 0 Å². The van der Waals surface area contributed by atoms with Gasteiger partial charge in [0.05, 0.1) is 33.0 Å². The van der Waals surface area contributed by atoms with Crippen molar-refractivity contribution >= 4 is 66.8 Å². The number of hydrogen-bond acceptors (Lipinski definition) is 9. The fourth-order valence-electron chi connectivity index (χ4n) is 7.60. The minimum Gasteiger partial charge on any atom is -0.453 e. The van der Waals surface area contributed by atoms with Crippen molar-refractivity contribution in [1.29, 1.82) is 0 Å². The van der Waals surface area contributed by atoms with Gasteiger partial charge in [0, 0.05) is 40.7 Å². The van der Waals surface area contributed by atoms with Crippen molar-refractivity contribution in [2.45, 2.75) is 13.5 Å². The Morgan fingerprint density at radius 1 is 0.571 bits per heavy atom. The second-order valence-corrected chi connectivity index (χ2v) is 14.8. The monoisotopic (exact) mass is 747 g/mol. The molecule has 0 bridgehead atoms. The second kappa shape index (κ2) is 13.1. The summed E-state index contributed by atoms with van der Waals surface area (Å²) in [5.41, 5.74) is 11.5. The number of rotatable bonds is 7. The Morgan fingerprint density at radius 2 is 1.16 bits per heavy atom. The highest BCUT2D eigenvalue weighted by Crippen LogP contribution is 2.52. The minimum atomic E-state index is 0.572. The summed E-state index contributed by atoms with van der Waals surface area (Å²) in [4.78, 5) is 14.4. The molecule has 2 aromatic heterocycles. The van der Waals surface area contributed by atoms with Crippen molar-refractivity contribution < 1.29 is 13.9 Å². The quantitative estimate of drug-likeness (QED) is 0.173. The van der Waals surface area contributed by atoms with Gasteiger partial charge in [0.25, 0.3) is 0 Å². The van der Waals surface area contributed by atoms with Crippen LogP contribution in [0, 0.1) is 0 Å². The summed E-state index contributed by atoms with van der Waals surface area (Å²) in [7, 11) is 0. The van der Waals surface area contributed by atoms with Crippen LogP contribution in [0.2, 0.25) is 0 Å². The van der Waals surface area contributed by atoms with Crippen LogP contribution >= 0.6 is 11.3 Å². The number of para-hydroxylation sites is 7. The third kappa shape index (κ3) is 5.39.